The number of thiophene rings is 1. The molecule has 0 spiro atoms. The first kappa shape index (κ1) is 13.8. The molecule has 23 heavy (non-hydrogen) atoms. The maximum atomic E-state index is 12.4. The van der Waals surface area contributed by atoms with E-state index < -0.39 is 0 Å². The summed E-state index contributed by atoms with van der Waals surface area (Å²) in [5.41, 5.74) is 0.868. The summed E-state index contributed by atoms with van der Waals surface area (Å²) in [6.07, 6.45) is 0. The third kappa shape index (κ3) is 2.08. The number of nitrogens with one attached hydrogen (secondary N) is 1. The van der Waals surface area contributed by atoms with Crippen molar-refractivity contribution >= 4 is 39.2 Å². The van der Waals surface area contributed by atoms with Gasteiger partial charge in [-0.3, -0.25) is 14.5 Å². The van der Waals surface area contributed by atoms with Crippen molar-refractivity contribution in [3.8, 4) is 0 Å². The number of rotatable bonds is 3. The molecule has 2 aromatic heterocycles. The van der Waals surface area contributed by atoms with Gasteiger partial charge in [0.25, 0.3) is 11.8 Å². The van der Waals surface area contributed by atoms with Crippen LogP contribution >= 0.6 is 11.3 Å². The van der Waals surface area contributed by atoms with E-state index in [0.29, 0.717) is 22.8 Å². The highest BCUT2D eigenvalue weighted by Crippen LogP contribution is 2.27. The SMILES string of the molecule is CNc1nc(CN2C(=O)c3ccccc3C2=O)nc2sccc12. The Morgan fingerprint density at radius 1 is 1.09 bits per heavy atom. The summed E-state index contributed by atoms with van der Waals surface area (Å²) in [7, 11) is 1.78. The lowest BCUT2D eigenvalue weighted by atomic mass is 10.1. The Kier molecular flexibility index (Phi) is 3.09. The normalized spacial score (nSPS) is 13.7. The average Bonchev–Trinajstić information content (AvgIpc) is 3.14. The van der Waals surface area contributed by atoms with Crippen molar-refractivity contribution in [3.63, 3.8) is 0 Å². The lowest BCUT2D eigenvalue weighted by Crippen LogP contribution is -2.30. The molecule has 1 N–H and O–H groups in total. The van der Waals surface area contributed by atoms with Gasteiger partial charge < -0.3 is 5.32 Å². The highest BCUT2D eigenvalue weighted by Gasteiger charge is 2.35. The van der Waals surface area contributed by atoms with E-state index in [-0.39, 0.29) is 18.4 Å². The second-order valence-corrected chi connectivity index (χ2v) is 6.01. The molecule has 3 aromatic rings. The topological polar surface area (TPSA) is 75.2 Å². The number of benzene rings is 1. The summed E-state index contributed by atoms with van der Waals surface area (Å²) in [4.78, 5) is 35.7. The van der Waals surface area contributed by atoms with Crippen molar-refractivity contribution in [3.05, 3.63) is 52.7 Å². The molecular formula is C16H12N4O2S. The summed E-state index contributed by atoms with van der Waals surface area (Å²) in [6, 6.07) is 8.77. The molecule has 0 aliphatic carbocycles. The molecule has 0 unspecified atom stereocenters. The standard InChI is InChI=1S/C16H12N4O2S/c1-17-13-11-6-7-23-14(11)19-12(18-13)8-20-15(21)9-4-2-3-5-10(9)16(20)22/h2-7H,8H2,1H3,(H,17,18,19). The molecule has 6 nitrogen and oxygen atoms in total. The number of carbonyl (C=O) groups is 2. The minimum atomic E-state index is -0.300. The van der Waals surface area contributed by atoms with Crippen molar-refractivity contribution in [2.45, 2.75) is 6.54 Å². The van der Waals surface area contributed by atoms with E-state index in [0.717, 1.165) is 10.2 Å². The Morgan fingerprint density at radius 2 is 1.78 bits per heavy atom. The third-order valence-corrected chi connectivity index (χ3v) is 4.59. The van der Waals surface area contributed by atoms with Crippen LogP contribution in [-0.4, -0.2) is 33.7 Å². The zero-order valence-electron chi connectivity index (χ0n) is 12.2. The van der Waals surface area contributed by atoms with E-state index in [1.165, 1.54) is 16.2 Å². The third-order valence-electron chi connectivity index (χ3n) is 3.79. The second-order valence-electron chi connectivity index (χ2n) is 5.12. The van der Waals surface area contributed by atoms with Crippen LogP contribution in [0, 0.1) is 0 Å². The number of amides is 2. The van der Waals surface area contributed by atoms with Crippen LogP contribution in [0.4, 0.5) is 5.82 Å². The van der Waals surface area contributed by atoms with Gasteiger partial charge >= 0.3 is 0 Å². The number of nitrogens with zero attached hydrogens (tertiary/aromatic N) is 3. The molecular weight excluding hydrogens is 312 g/mol. The fraction of sp³-hybridized carbons (Fsp3) is 0.125. The molecule has 2 amide bonds. The van der Waals surface area contributed by atoms with Crippen molar-refractivity contribution in [1.82, 2.24) is 14.9 Å². The van der Waals surface area contributed by atoms with Crippen LogP contribution in [0.15, 0.2) is 35.7 Å². The van der Waals surface area contributed by atoms with E-state index >= 15 is 0 Å². The molecule has 0 radical (unpaired) electrons. The lowest BCUT2D eigenvalue weighted by Gasteiger charge is -2.13. The highest BCUT2D eigenvalue weighted by molar-refractivity contribution is 7.16. The molecule has 4 rings (SSSR count). The number of anilines is 1. The molecule has 0 saturated heterocycles. The minimum absolute atomic E-state index is 0.0644. The van der Waals surface area contributed by atoms with Gasteiger partial charge in [-0.2, -0.15) is 0 Å². The Labute approximate surface area is 135 Å². The lowest BCUT2D eigenvalue weighted by molar-refractivity contribution is 0.0638. The number of hydrogen-bond donors (Lipinski definition) is 1. The van der Waals surface area contributed by atoms with E-state index in [4.69, 9.17) is 0 Å². The molecule has 0 bridgehead atoms. The van der Waals surface area contributed by atoms with Crippen LogP contribution in [0.3, 0.4) is 0 Å². The predicted octanol–water partition coefficient (Wildman–Crippen LogP) is 2.53. The first-order chi connectivity index (χ1) is 11.2. The first-order valence-electron chi connectivity index (χ1n) is 7.06. The van der Waals surface area contributed by atoms with E-state index in [9.17, 15) is 9.59 Å². The maximum absolute atomic E-state index is 12.4. The van der Waals surface area contributed by atoms with Gasteiger partial charge in [0.05, 0.1) is 23.1 Å². The Bertz CT molecular complexity index is 915. The Balaban J connectivity index is 1.72. The molecule has 0 saturated carbocycles. The molecule has 7 heteroatoms. The number of imide groups is 1. The van der Waals surface area contributed by atoms with E-state index in [2.05, 4.69) is 15.3 Å². The smallest absolute Gasteiger partial charge is 0.261 e. The zero-order chi connectivity index (χ0) is 16.0. The molecule has 1 aliphatic heterocycles. The van der Waals surface area contributed by atoms with Gasteiger partial charge in [-0.1, -0.05) is 12.1 Å². The summed E-state index contributed by atoms with van der Waals surface area (Å²) in [5.74, 6) is 0.541. The van der Waals surface area contributed by atoms with E-state index in [1.807, 2.05) is 11.4 Å². The number of carbonyl (C=O) groups excluding carboxylic acids is 2. The van der Waals surface area contributed by atoms with Crippen molar-refractivity contribution in [2.75, 3.05) is 12.4 Å². The molecule has 0 atom stereocenters. The molecule has 1 aliphatic rings. The molecule has 114 valence electrons. The quantitative estimate of drug-likeness (QED) is 0.749. The monoisotopic (exact) mass is 324 g/mol. The van der Waals surface area contributed by atoms with Gasteiger partial charge in [-0.05, 0) is 23.6 Å². The summed E-state index contributed by atoms with van der Waals surface area (Å²) in [5, 5.41) is 5.90. The largest absolute Gasteiger partial charge is 0.372 e. The van der Waals surface area contributed by atoms with Gasteiger partial charge in [0, 0.05) is 7.05 Å². The molecule has 3 heterocycles. The van der Waals surface area contributed by atoms with Crippen molar-refractivity contribution in [2.24, 2.45) is 0 Å². The van der Waals surface area contributed by atoms with Gasteiger partial charge in [-0.15, -0.1) is 11.3 Å². The van der Waals surface area contributed by atoms with Crippen LogP contribution < -0.4 is 5.32 Å². The van der Waals surface area contributed by atoms with Crippen LogP contribution in [0.1, 0.15) is 26.5 Å². The number of fused-ring (bicyclic) bond motifs is 2. The van der Waals surface area contributed by atoms with Gasteiger partial charge in [0.1, 0.15) is 10.6 Å². The van der Waals surface area contributed by atoms with Crippen molar-refractivity contribution < 1.29 is 9.59 Å². The Hall–Kier alpha value is -2.80. The second kappa shape index (κ2) is 5.13. The minimum Gasteiger partial charge on any atom is -0.372 e. The summed E-state index contributed by atoms with van der Waals surface area (Å²) < 4.78 is 0. The van der Waals surface area contributed by atoms with Crippen molar-refractivity contribution in [1.29, 1.82) is 0 Å². The fourth-order valence-electron chi connectivity index (χ4n) is 2.69. The zero-order valence-corrected chi connectivity index (χ0v) is 13.1. The average molecular weight is 324 g/mol. The van der Waals surface area contributed by atoms with Crippen LogP contribution in [0.2, 0.25) is 0 Å². The highest BCUT2D eigenvalue weighted by atomic mass is 32.1. The van der Waals surface area contributed by atoms with Gasteiger partial charge in [0.2, 0.25) is 0 Å². The maximum Gasteiger partial charge on any atom is 0.261 e. The van der Waals surface area contributed by atoms with Crippen LogP contribution in [0.25, 0.3) is 10.2 Å². The Morgan fingerprint density at radius 3 is 2.43 bits per heavy atom. The molecule has 1 aromatic carbocycles. The summed E-state index contributed by atoms with van der Waals surface area (Å²) in [6.45, 7) is 0.0644. The van der Waals surface area contributed by atoms with Crippen LogP contribution in [0.5, 0.6) is 0 Å². The predicted molar refractivity (Wildman–Crippen MR) is 87.6 cm³/mol. The number of hydrogen-bond acceptors (Lipinski definition) is 6. The molecule has 0 fully saturated rings. The van der Waals surface area contributed by atoms with Gasteiger partial charge in [0.15, 0.2) is 5.82 Å². The van der Waals surface area contributed by atoms with Crippen LogP contribution in [-0.2, 0) is 6.54 Å². The fourth-order valence-corrected chi connectivity index (χ4v) is 3.47. The summed E-state index contributed by atoms with van der Waals surface area (Å²) >= 11 is 1.50. The van der Waals surface area contributed by atoms with Gasteiger partial charge in [-0.25, -0.2) is 9.97 Å². The first-order valence-corrected chi connectivity index (χ1v) is 7.94. The number of aromatic nitrogens is 2. The van der Waals surface area contributed by atoms with E-state index in [1.54, 1.807) is 31.3 Å².